The van der Waals surface area contributed by atoms with Gasteiger partial charge in [0.25, 0.3) is 5.91 Å². The molecule has 1 saturated heterocycles. The van der Waals surface area contributed by atoms with Crippen molar-refractivity contribution in [3.63, 3.8) is 0 Å². The molecule has 2 rings (SSSR count). The predicted molar refractivity (Wildman–Crippen MR) is 93.8 cm³/mol. The van der Waals surface area contributed by atoms with Gasteiger partial charge in [0.15, 0.2) is 0 Å². The average Bonchev–Trinajstić information content (AvgIpc) is 3.00. The minimum absolute atomic E-state index is 0.0618. The fourth-order valence-electron chi connectivity index (χ4n) is 3.08. The Bertz CT molecular complexity index is 625. The summed E-state index contributed by atoms with van der Waals surface area (Å²) in [6.45, 7) is 6.68. The van der Waals surface area contributed by atoms with Crippen molar-refractivity contribution in [3.8, 4) is 0 Å². The highest BCUT2D eigenvalue weighted by Gasteiger charge is 2.42. The lowest BCUT2D eigenvalue weighted by Gasteiger charge is -2.31. The van der Waals surface area contributed by atoms with Gasteiger partial charge in [0.05, 0.1) is 6.61 Å². The Hall–Kier alpha value is -2.14. The van der Waals surface area contributed by atoms with Crippen LogP contribution in [0, 0.1) is 11.3 Å². The second-order valence-electron chi connectivity index (χ2n) is 6.80. The van der Waals surface area contributed by atoms with E-state index >= 15 is 0 Å². The molecule has 1 atom stereocenters. The first-order valence-electron chi connectivity index (χ1n) is 8.32. The van der Waals surface area contributed by atoms with E-state index in [1.54, 1.807) is 11.0 Å². The maximum atomic E-state index is 12.9. The number of carbonyl (C=O) groups is 2. The van der Waals surface area contributed by atoms with E-state index in [0.717, 1.165) is 12.0 Å². The molecule has 1 fully saturated rings. The molecule has 2 amide bonds. The van der Waals surface area contributed by atoms with Gasteiger partial charge in [-0.3, -0.25) is 9.59 Å². The van der Waals surface area contributed by atoms with Gasteiger partial charge < -0.3 is 15.3 Å². The zero-order chi connectivity index (χ0) is 17.7. The summed E-state index contributed by atoms with van der Waals surface area (Å²) in [7, 11) is 0. The van der Waals surface area contributed by atoms with Crippen molar-refractivity contribution in [1.29, 1.82) is 0 Å². The standard InChI is InChI=1S/C19H26N2O3/c1-14(2)19(13-22)9-10-21(12-19)18(24)17(20-15(3)23)11-16-7-5-4-6-8-16/h4-8,11,14,22H,9-10,12-13H2,1-3H3,(H,20,23)/b17-11+. The molecule has 5 nitrogen and oxygen atoms in total. The van der Waals surface area contributed by atoms with Crippen molar-refractivity contribution in [2.24, 2.45) is 11.3 Å². The van der Waals surface area contributed by atoms with Crippen LogP contribution < -0.4 is 5.32 Å². The van der Waals surface area contributed by atoms with Crippen LogP contribution in [0.2, 0.25) is 0 Å². The maximum Gasteiger partial charge on any atom is 0.270 e. The Kier molecular flexibility index (Phi) is 5.78. The molecule has 0 aromatic heterocycles. The van der Waals surface area contributed by atoms with Crippen LogP contribution in [0.25, 0.3) is 6.08 Å². The van der Waals surface area contributed by atoms with Crippen molar-refractivity contribution in [2.45, 2.75) is 27.2 Å². The van der Waals surface area contributed by atoms with Gasteiger partial charge in [0.2, 0.25) is 5.91 Å². The number of aliphatic hydroxyl groups excluding tert-OH is 1. The van der Waals surface area contributed by atoms with Gasteiger partial charge in [-0.1, -0.05) is 44.2 Å². The van der Waals surface area contributed by atoms with Gasteiger partial charge in [-0.05, 0) is 24.0 Å². The second kappa shape index (κ2) is 7.62. The van der Waals surface area contributed by atoms with Crippen LogP contribution in [0.15, 0.2) is 36.0 Å². The summed E-state index contributed by atoms with van der Waals surface area (Å²) >= 11 is 0. The fourth-order valence-corrected chi connectivity index (χ4v) is 3.08. The molecule has 5 heteroatoms. The maximum absolute atomic E-state index is 12.9. The Morgan fingerprint density at radius 3 is 2.50 bits per heavy atom. The van der Waals surface area contributed by atoms with Crippen LogP contribution in [0.1, 0.15) is 32.8 Å². The highest BCUT2D eigenvalue weighted by molar-refractivity contribution is 6.01. The molecule has 1 unspecified atom stereocenters. The van der Waals surface area contributed by atoms with Gasteiger partial charge in [-0.2, -0.15) is 0 Å². The Morgan fingerprint density at radius 2 is 2.00 bits per heavy atom. The van der Waals surface area contributed by atoms with Crippen molar-refractivity contribution in [2.75, 3.05) is 19.7 Å². The molecule has 1 aromatic carbocycles. The van der Waals surface area contributed by atoms with Crippen molar-refractivity contribution in [3.05, 3.63) is 41.6 Å². The highest BCUT2D eigenvalue weighted by Crippen LogP contribution is 2.37. The molecular weight excluding hydrogens is 304 g/mol. The van der Waals surface area contributed by atoms with Crippen LogP contribution in [-0.2, 0) is 9.59 Å². The van der Waals surface area contributed by atoms with E-state index in [1.165, 1.54) is 6.92 Å². The van der Waals surface area contributed by atoms with Gasteiger partial charge in [-0.25, -0.2) is 0 Å². The zero-order valence-corrected chi connectivity index (χ0v) is 14.6. The summed E-state index contributed by atoms with van der Waals surface area (Å²) < 4.78 is 0. The van der Waals surface area contributed by atoms with Gasteiger partial charge in [0, 0.05) is 25.4 Å². The van der Waals surface area contributed by atoms with E-state index in [4.69, 9.17) is 0 Å². The number of carbonyl (C=O) groups excluding carboxylic acids is 2. The van der Waals surface area contributed by atoms with Gasteiger partial charge >= 0.3 is 0 Å². The lowest BCUT2D eigenvalue weighted by Crippen LogP contribution is -2.40. The summed E-state index contributed by atoms with van der Waals surface area (Å²) in [5.41, 5.74) is 0.862. The molecule has 1 aliphatic heterocycles. The third-order valence-electron chi connectivity index (χ3n) is 4.86. The summed E-state index contributed by atoms with van der Waals surface area (Å²) in [6.07, 6.45) is 2.46. The molecule has 24 heavy (non-hydrogen) atoms. The van der Waals surface area contributed by atoms with E-state index < -0.39 is 0 Å². The molecule has 0 radical (unpaired) electrons. The third kappa shape index (κ3) is 4.03. The number of hydrogen-bond donors (Lipinski definition) is 2. The highest BCUT2D eigenvalue weighted by atomic mass is 16.3. The molecule has 130 valence electrons. The van der Waals surface area contributed by atoms with Crippen LogP contribution in [-0.4, -0.2) is 41.5 Å². The number of likely N-dealkylation sites (tertiary alicyclic amines) is 1. The lowest BCUT2D eigenvalue weighted by molar-refractivity contribution is -0.129. The molecule has 1 aliphatic rings. The molecule has 0 saturated carbocycles. The topological polar surface area (TPSA) is 69.6 Å². The minimum atomic E-state index is -0.276. The number of nitrogens with one attached hydrogen (secondary N) is 1. The van der Waals surface area contributed by atoms with Gasteiger partial charge in [0.1, 0.15) is 5.70 Å². The SMILES string of the molecule is CC(=O)N/C(=C/c1ccccc1)C(=O)N1CCC(CO)(C(C)C)C1. The summed E-state index contributed by atoms with van der Waals surface area (Å²) in [5, 5.41) is 12.4. The largest absolute Gasteiger partial charge is 0.396 e. The fraction of sp³-hybridized carbons (Fsp3) is 0.474. The Balaban J connectivity index is 2.23. The van der Waals surface area contributed by atoms with E-state index in [9.17, 15) is 14.7 Å². The van der Waals surface area contributed by atoms with Gasteiger partial charge in [-0.15, -0.1) is 0 Å². The molecule has 0 aliphatic carbocycles. The third-order valence-corrected chi connectivity index (χ3v) is 4.86. The second-order valence-corrected chi connectivity index (χ2v) is 6.80. The smallest absolute Gasteiger partial charge is 0.270 e. The van der Waals surface area contributed by atoms with E-state index in [-0.39, 0.29) is 35.5 Å². The first kappa shape index (κ1) is 18.2. The molecule has 1 heterocycles. The summed E-state index contributed by atoms with van der Waals surface area (Å²) in [6, 6.07) is 9.42. The quantitative estimate of drug-likeness (QED) is 0.812. The summed E-state index contributed by atoms with van der Waals surface area (Å²) in [4.78, 5) is 26.1. The van der Waals surface area contributed by atoms with Crippen molar-refractivity contribution >= 4 is 17.9 Å². The number of aliphatic hydroxyl groups is 1. The molecule has 0 bridgehead atoms. The minimum Gasteiger partial charge on any atom is -0.396 e. The number of benzene rings is 1. The summed E-state index contributed by atoms with van der Waals surface area (Å²) in [5.74, 6) is -0.199. The average molecular weight is 330 g/mol. The van der Waals surface area contributed by atoms with E-state index in [0.29, 0.717) is 13.1 Å². The van der Waals surface area contributed by atoms with Crippen LogP contribution in [0.5, 0.6) is 0 Å². The van der Waals surface area contributed by atoms with Crippen LogP contribution >= 0.6 is 0 Å². The first-order valence-corrected chi connectivity index (χ1v) is 8.32. The predicted octanol–water partition coefficient (Wildman–Crippen LogP) is 2.03. The molecule has 2 N–H and O–H groups in total. The first-order chi connectivity index (χ1) is 11.4. The molecular formula is C19H26N2O3. The van der Waals surface area contributed by atoms with Crippen LogP contribution in [0.3, 0.4) is 0 Å². The molecule has 1 aromatic rings. The number of nitrogens with zero attached hydrogens (tertiary/aromatic N) is 1. The zero-order valence-electron chi connectivity index (χ0n) is 14.6. The molecule has 0 spiro atoms. The van der Waals surface area contributed by atoms with Crippen LogP contribution in [0.4, 0.5) is 0 Å². The normalized spacial score (nSPS) is 21.2. The Labute approximate surface area is 143 Å². The number of amides is 2. The number of rotatable bonds is 5. The monoisotopic (exact) mass is 330 g/mol. The van der Waals surface area contributed by atoms with E-state index in [2.05, 4.69) is 19.2 Å². The van der Waals surface area contributed by atoms with Crippen molar-refractivity contribution < 1.29 is 14.7 Å². The van der Waals surface area contributed by atoms with Crippen molar-refractivity contribution in [1.82, 2.24) is 10.2 Å². The lowest BCUT2D eigenvalue weighted by atomic mass is 9.77. The van der Waals surface area contributed by atoms with E-state index in [1.807, 2.05) is 30.3 Å². The number of hydrogen-bond acceptors (Lipinski definition) is 3. The Morgan fingerprint density at radius 1 is 1.33 bits per heavy atom.